The summed E-state index contributed by atoms with van der Waals surface area (Å²) in [5, 5.41) is 0. The van der Waals surface area contributed by atoms with Crippen LogP contribution in [0.1, 0.15) is 25.3 Å². The van der Waals surface area contributed by atoms with Gasteiger partial charge in [0.15, 0.2) is 0 Å². The molecule has 1 aromatic rings. The lowest BCUT2D eigenvalue weighted by Crippen LogP contribution is -2.36. The Morgan fingerprint density at radius 1 is 1.40 bits per heavy atom. The second kappa shape index (κ2) is 6.93. The minimum Gasteiger partial charge on any atom is -0.496 e. The number of hydrogen-bond donors (Lipinski definition) is 0. The van der Waals surface area contributed by atoms with Crippen LogP contribution in [-0.4, -0.2) is 31.0 Å². The van der Waals surface area contributed by atoms with Crippen molar-refractivity contribution in [1.29, 1.82) is 0 Å². The van der Waals surface area contributed by atoms with Crippen molar-refractivity contribution in [3.8, 4) is 5.75 Å². The van der Waals surface area contributed by atoms with E-state index in [1.165, 1.54) is 0 Å². The van der Waals surface area contributed by atoms with Gasteiger partial charge < -0.3 is 9.64 Å². The van der Waals surface area contributed by atoms with Gasteiger partial charge in [0, 0.05) is 19.2 Å². The fourth-order valence-corrected chi connectivity index (χ4v) is 2.85. The van der Waals surface area contributed by atoms with Gasteiger partial charge in [-0.1, -0.05) is 13.0 Å². The van der Waals surface area contributed by atoms with Gasteiger partial charge in [0.05, 0.1) is 11.6 Å². The fraction of sp³-hybridized carbons (Fsp3) is 0.438. The van der Waals surface area contributed by atoms with Crippen molar-refractivity contribution in [2.24, 2.45) is 5.92 Å². The normalized spacial score (nSPS) is 16.6. The monoisotopic (exact) mass is 337 g/mol. The molecule has 0 atom stereocenters. The zero-order chi connectivity index (χ0) is 14.5. The molecule has 1 fully saturated rings. The zero-order valence-electron chi connectivity index (χ0n) is 11.9. The fourth-order valence-electron chi connectivity index (χ4n) is 2.29. The number of carbonyl (C=O) groups excluding carboxylic acids is 1. The van der Waals surface area contributed by atoms with Crippen molar-refractivity contribution in [1.82, 2.24) is 4.90 Å². The number of rotatable bonds is 3. The lowest BCUT2D eigenvalue weighted by atomic mass is 9.99. The maximum Gasteiger partial charge on any atom is 0.246 e. The Kier molecular flexibility index (Phi) is 5.24. The van der Waals surface area contributed by atoms with E-state index >= 15 is 0 Å². The van der Waals surface area contributed by atoms with Crippen LogP contribution in [0.25, 0.3) is 6.08 Å². The molecule has 108 valence electrons. The first-order valence-corrected chi connectivity index (χ1v) is 7.70. The second-order valence-corrected chi connectivity index (χ2v) is 6.09. The molecule has 3 nitrogen and oxygen atoms in total. The average Bonchev–Trinajstić information content (AvgIpc) is 2.45. The molecule has 0 spiro atoms. The van der Waals surface area contributed by atoms with Crippen LogP contribution < -0.4 is 4.74 Å². The summed E-state index contributed by atoms with van der Waals surface area (Å²) in [6, 6.07) is 5.77. The molecule has 4 heteroatoms. The van der Waals surface area contributed by atoms with E-state index in [-0.39, 0.29) is 5.91 Å². The molecular weight excluding hydrogens is 318 g/mol. The van der Waals surface area contributed by atoms with Crippen molar-refractivity contribution in [2.45, 2.75) is 19.8 Å². The van der Waals surface area contributed by atoms with Gasteiger partial charge in [0.25, 0.3) is 0 Å². The predicted octanol–water partition coefficient (Wildman–Crippen LogP) is 3.73. The highest BCUT2D eigenvalue weighted by Gasteiger charge is 2.18. The number of halogens is 1. The minimum atomic E-state index is 0.101. The van der Waals surface area contributed by atoms with Gasteiger partial charge in [-0.05, 0) is 58.5 Å². The van der Waals surface area contributed by atoms with E-state index in [1.54, 1.807) is 13.2 Å². The lowest BCUT2D eigenvalue weighted by molar-refractivity contribution is -0.127. The highest BCUT2D eigenvalue weighted by molar-refractivity contribution is 9.10. The number of ether oxygens (including phenoxy) is 1. The zero-order valence-corrected chi connectivity index (χ0v) is 13.5. The van der Waals surface area contributed by atoms with E-state index in [4.69, 9.17) is 4.74 Å². The first kappa shape index (κ1) is 15.1. The molecule has 1 saturated heterocycles. The molecule has 0 saturated carbocycles. The van der Waals surface area contributed by atoms with E-state index in [0.29, 0.717) is 0 Å². The topological polar surface area (TPSA) is 29.5 Å². The molecule has 0 N–H and O–H groups in total. The highest BCUT2D eigenvalue weighted by Crippen LogP contribution is 2.26. The first-order chi connectivity index (χ1) is 9.60. The molecular formula is C16H20BrNO2. The number of piperidine rings is 1. The number of hydrogen-bond acceptors (Lipinski definition) is 2. The summed E-state index contributed by atoms with van der Waals surface area (Å²) < 4.78 is 6.07. The number of amides is 1. The third kappa shape index (κ3) is 3.85. The number of methoxy groups -OCH3 is 1. The van der Waals surface area contributed by atoms with E-state index < -0.39 is 0 Å². The third-order valence-electron chi connectivity index (χ3n) is 3.69. The van der Waals surface area contributed by atoms with E-state index in [0.717, 1.165) is 47.6 Å². The van der Waals surface area contributed by atoms with Gasteiger partial charge in [-0.25, -0.2) is 0 Å². The summed E-state index contributed by atoms with van der Waals surface area (Å²) in [5.74, 6) is 1.63. The van der Waals surface area contributed by atoms with Crippen LogP contribution in [-0.2, 0) is 4.79 Å². The van der Waals surface area contributed by atoms with Gasteiger partial charge in [0.2, 0.25) is 5.91 Å². The molecule has 1 aliphatic heterocycles. The quantitative estimate of drug-likeness (QED) is 0.786. The van der Waals surface area contributed by atoms with Crippen LogP contribution >= 0.6 is 15.9 Å². The Hall–Kier alpha value is -1.29. The molecule has 1 amide bonds. The second-order valence-electron chi connectivity index (χ2n) is 5.24. The molecule has 0 radical (unpaired) electrons. The van der Waals surface area contributed by atoms with Crippen molar-refractivity contribution >= 4 is 27.9 Å². The summed E-state index contributed by atoms with van der Waals surface area (Å²) in [5.41, 5.74) is 0.983. The molecule has 0 unspecified atom stereocenters. The van der Waals surface area contributed by atoms with Gasteiger partial charge in [-0.15, -0.1) is 0 Å². The minimum absolute atomic E-state index is 0.101. The number of carbonyl (C=O) groups is 1. The van der Waals surface area contributed by atoms with E-state index in [2.05, 4.69) is 22.9 Å². The molecule has 0 bridgehead atoms. The van der Waals surface area contributed by atoms with Crippen LogP contribution in [0.2, 0.25) is 0 Å². The van der Waals surface area contributed by atoms with Crippen LogP contribution in [0, 0.1) is 5.92 Å². The van der Waals surface area contributed by atoms with E-state index in [9.17, 15) is 4.79 Å². The predicted molar refractivity (Wildman–Crippen MR) is 84.7 cm³/mol. The van der Waals surface area contributed by atoms with Crippen molar-refractivity contribution in [3.63, 3.8) is 0 Å². The van der Waals surface area contributed by atoms with Crippen LogP contribution in [0.5, 0.6) is 5.75 Å². The Morgan fingerprint density at radius 2 is 2.10 bits per heavy atom. The summed E-state index contributed by atoms with van der Waals surface area (Å²) >= 11 is 3.44. The SMILES string of the molecule is COc1ccc(C=CC(=O)N2CCC(C)CC2)cc1Br. The Bertz CT molecular complexity index is 505. The van der Waals surface area contributed by atoms with Gasteiger partial charge in [0.1, 0.15) is 5.75 Å². The molecule has 20 heavy (non-hydrogen) atoms. The Balaban J connectivity index is 1.98. The standard InChI is InChI=1S/C16H20BrNO2/c1-12-7-9-18(10-8-12)16(19)6-4-13-3-5-15(20-2)14(17)11-13/h3-6,11-12H,7-10H2,1-2H3. The summed E-state index contributed by atoms with van der Waals surface area (Å²) in [6.07, 6.45) is 5.72. The molecule has 0 aromatic heterocycles. The highest BCUT2D eigenvalue weighted by atomic mass is 79.9. The lowest BCUT2D eigenvalue weighted by Gasteiger charge is -2.29. The summed E-state index contributed by atoms with van der Waals surface area (Å²) in [4.78, 5) is 14.0. The molecule has 0 aliphatic carbocycles. The summed E-state index contributed by atoms with van der Waals surface area (Å²) in [7, 11) is 1.64. The van der Waals surface area contributed by atoms with Gasteiger partial charge in [-0.3, -0.25) is 4.79 Å². The average molecular weight is 338 g/mol. The first-order valence-electron chi connectivity index (χ1n) is 6.90. The van der Waals surface area contributed by atoms with Crippen molar-refractivity contribution < 1.29 is 9.53 Å². The van der Waals surface area contributed by atoms with Crippen LogP contribution in [0.15, 0.2) is 28.7 Å². The van der Waals surface area contributed by atoms with E-state index in [1.807, 2.05) is 29.2 Å². The molecule has 1 heterocycles. The largest absolute Gasteiger partial charge is 0.496 e. The summed E-state index contributed by atoms with van der Waals surface area (Å²) in [6.45, 7) is 3.99. The van der Waals surface area contributed by atoms with Gasteiger partial charge >= 0.3 is 0 Å². The smallest absolute Gasteiger partial charge is 0.246 e. The number of benzene rings is 1. The number of likely N-dealkylation sites (tertiary alicyclic amines) is 1. The maximum absolute atomic E-state index is 12.1. The van der Waals surface area contributed by atoms with Crippen molar-refractivity contribution in [3.05, 3.63) is 34.3 Å². The third-order valence-corrected chi connectivity index (χ3v) is 4.31. The molecule has 2 rings (SSSR count). The van der Waals surface area contributed by atoms with Crippen molar-refractivity contribution in [2.75, 3.05) is 20.2 Å². The Morgan fingerprint density at radius 3 is 2.70 bits per heavy atom. The maximum atomic E-state index is 12.1. The Labute approximate surface area is 128 Å². The van der Waals surface area contributed by atoms with Crippen LogP contribution in [0.4, 0.5) is 0 Å². The van der Waals surface area contributed by atoms with Crippen LogP contribution in [0.3, 0.4) is 0 Å². The molecule has 1 aliphatic rings. The van der Waals surface area contributed by atoms with Gasteiger partial charge in [-0.2, -0.15) is 0 Å². The molecule has 1 aromatic carbocycles. The number of nitrogens with zero attached hydrogens (tertiary/aromatic N) is 1.